The lowest BCUT2D eigenvalue weighted by Gasteiger charge is -2.08. The van der Waals surface area contributed by atoms with Crippen molar-refractivity contribution in [2.45, 2.75) is 13.3 Å². The van der Waals surface area contributed by atoms with E-state index in [-0.39, 0.29) is 5.75 Å². The van der Waals surface area contributed by atoms with Crippen LogP contribution >= 0.6 is 0 Å². The van der Waals surface area contributed by atoms with E-state index < -0.39 is 6.36 Å². The maximum atomic E-state index is 11.9. The van der Waals surface area contributed by atoms with E-state index in [1.807, 2.05) is 0 Å². The Bertz CT molecular complexity index is 505. The van der Waals surface area contributed by atoms with Gasteiger partial charge in [-0.1, -0.05) is 5.16 Å². The highest BCUT2D eigenvalue weighted by atomic mass is 19.4. The molecule has 0 bridgehead atoms. The Hall–Kier alpha value is -2.05. The van der Waals surface area contributed by atoms with Crippen molar-refractivity contribution < 1.29 is 22.4 Å². The monoisotopic (exact) mass is 244 g/mol. The molecule has 7 heteroatoms. The molecule has 0 aliphatic heterocycles. The van der Waals surface area contributed by atoms with E-state index in [4.69, 9.17) is 4.52 Å². The smallest absolute Gasteiger partial charge is 0.406 e. The highest BCUT2D eigenvalue weighted by molar-refractivity contribution is 5.55. The van der Waals surface area contributed by atoms with E-state index in [9.17, 15) is 13.2 Å². The summed E-state index contributed by atoms with van der Waals surface area (Å²) >= 11 is 0. The van der Waals surface area contributed by atoms with Gasteiger partial charge in [-0.25, -0.2) is 0 Å². The predicted octanol–water partition coefficient (Wildman–Crippen LogP) is 2.94. The van der Waals surface area contributed by atoms with Crippen molar-refractivity contribution in [3.8, 4) is 17.1 Å². The number of nitrogens with zero attached hydrogens (tertiary/aromatic N) is 2. The molecule has 90 valence electrons. The molecule has 0 atom stereocenters. The predicted molar refractivity (Wildman–Crippen MR) is 51.2 cm³/mol. The zero-order valence-electron chi connectivity index (χ0n) is 8.65. The minimum atomic E-state index is -4.69. The number of hydrogen-bond acceptors (Lipinski definition) is 4. The molecule has 0 N–H and O–H groups in total. The average molecular weight is 244 g/mol. The maximum Gasteiger partial charge on any atom is 0.573 e. The molecule has 0 fully saturated rings. The van der Waals surface area contributed by atoms with Crippen LogP contribution in [-0.2, 0) is 0 Å². The molecule has 17 heavy (non-hydrogen) atoms. The van der Waals surface area contributed by atoms with Gasteiger partial charge in [0, 0.05) is 12.5 Å². The summed E-state index contributed by atoms with van der Waals surface area (Å²) < 4.78 is 44.2. The number of hydrogen-bond donors (Lipinski definition) is 0. The summed E-state index contributed by atoms with van der Waals surface area (Å²) in [7, 11) is 0. The van der Waals surface area contributed by atoms with Crippen molar-refractivity contribution in [3.63, 3.8) is 0 Å². The number of alkyl halides is 3. The fourth-order valence-corrected chi connectivity index (χ4v) is 1.22. The van der Waals surface area contributed by atoms with Gasteiger partial charge in [0.1, 0.15) is 5.75 Å². The molecule has 0 unspecified atom stereocenters. The summed E-state index contributed by atoms with van der Waals surface area (Å²) in [5.41, 5.74) is 0.552. The van der Waals surface area contributed by atoms with Gasteiger partial charge in [0.15, 0.2) is 0 Å². The number of aryl methyl sites for hydroxylation is 1. The first-order chi connectivity index (χ1) is 7.94. The average Bonchev–Trinajstić information content (AvgIpc) is 2.63. The molecule has 2 aromatic rings. The standard InChI is InChI=1S/C10H7F3N2O2/c1-6-14-9(15-17-6)7-2-4-8(5-3-7)16-10(11,12)13/h2-5H,1H3. The van der Waals surface area contributed by atoms with E-state index in [2.05, 4.69) is 14.9 Å². The van der Waals surface area contributed by atoms with Crippen LogP contribution in [0.2, 0.25) is 0 Å². The van der Waals surface area contributed by atoms with Gasteiger partial charge in [-0.05, 0) is 24.3 Å². The van der Waals surface area contributed by atoms with Crippen LogP contribution in [0.5, 0.6) is 5.75 Å². The van der Waals surface area contributed by atoms with Gasteiger partial charge in [0.25, 0.3) is 0 Å². The fraction of sp³-hybridized carbons (Fsp3) is 0.200. The first kappa shape index (κ1) is 11.4. The van der Waals surface area contributed by atoms with Gasteiger partial charge >= 0.3 is 6.36 Å². The van der Waals surface area contributed by atoms with Crippen molar-refractivity contribution >= 4 is 0 Å². The number of benzene rings is 1. The highest BCUT2D eigenvalue weighted by Gasteiger charge is 2.30. The zero-order chi connectivity index (χ0) is 12.5. The Morgan fingerprint density at radius 2 is 1.82 bits per heavy atom. The minimum Gasteiger partial charge on any atom is -0.406 e. The molecule has 0 saturated heterocycles. The third-order valence-corrected chi connectivity index (χ3v) is 1.87. The van der Waals surface area contributed by atoms with Crippen LogP contribution in [0.15, 0.2) is 28.8 Å². The van der Waals surface area contributed by atoms with Gasteiger partial charge < -0.3 is 9.26 Å². The third-order valence-electron chi connectivity index (χ3n) is 1.87. The number of aromatic nitrogens is 2. The van der Waals surface area contributed by atoms with Gasteiger partial charge in [0.05, 0.1) is 0 Å². The van der Waals surface area contributed by atoms with Crippen LogP contribution in [0.3, 0.4) is 0 Å². The van der Waals surface area contributed by atoms with Crippen molar-refractivity contribution in [1.29, 1.82) is 0 Å². The molecule has 1 heterocycles. The lowest BCUT2D eigenvalue weighted by molar-refractivity contribution is -0.274. The van der Waals surface area contributed by atoms with E-state index >= 15 is 0 Å². The maximum absolute atomic E-state index is 11.9. The number of ether oxygens (including phenoxy) is 1. The molecule has 2 rings (SSSR count). The molecule has 0 aliphatic carbocycles. The van der Waals surface area contributed by atoms with Gasteiger partial charge in [-0.15, -0.1) is 13.2 Å². The summed E-state index contributed by atoms with van der Waals surface area (Å²) in [4.78, 5) is 3.94. The van der Waals surface area contributed by atoms with Crippen LogP contribution in [0.4, 0.5) is 13.2 Å². The topological polar surface area (TPSA) is 48.2 Å². The summed E-state index contributed by atoms with van der Waals surface area (Å²) in [6.45, 7) is 1.62. The van der Waals surface area contributed by atoms with E-state index in [1.165, 1.54) is 24.3 Å². The Morgan fingerprint density at radius 3 is 2.29 bits per heavy atom. The second-order valence-corrected chi connectivity index (χ2v) is 3.21. The first-order valence-corrected chi connectivity index (χ1v) is 4.60. The fourth-order valence-electron chi connectivity index (χ4n) is 1.22. The first-order valence-electron chi connectivity index (χ1n) is 4.60. The summed E-state index contributed by atoms with van der Waals surface area (Å²) in [5.74, 6) is 0.415. The summed E-state index contributed by atoms with van der Waals surface area (Å²) in [5, 5.41) is 3.64. The molecule has 0 saturated carbocycles. The van der Waals surface area contributed by atoms with Gasteiger partial charge in [-0.3, -0.25) is 0 Å². The second-order valence-electron chi connectivity index (χ2n) is 3.21. The van der Waals surface area contributed by atoms with E-state index in [1.54, 1.807) is 6.92 Å². The Balaban J connectivity index is 2.19. The molecular weight excluding hydrogens is 237 g/mol. The van der Waals surface area contributed by atoms with Crippen LogP contribution in [0.1, 0.15) is 5.89 Å². The molecule has 0 amide bonds. The molecular formula is C10H7F3N2O2. The number of rotatable bonds is 2. The van der Waals surface area contributed by atoms with Crippen molar-refractivity contribution in [3.05, 3.63) is 30.2 Å². The van der Waals surface area contributed by atoms with Crippen LogP contribution in [0, 0.1) is 6.92 Å². The van der Waals surface area contributed by atoms with Crippen LogP contribution < -0.4 is 4.74 Å². The van der Waals surface area contributed by atoms with Gasteiger partial charge in [0.2, 0.25) is 11.7 Å². The molecule has 0 aliphatic rings. The minimum absolute atomic E-state index is 0.290. The molecule has 1 aromatic carbocycles. The third kappa shape index (κ3) is 2.96. The second kappa shape index (κ2) is 4.08. The molecule has 0 spiro atoms. The molecule has 0 radical (unpaired) electrons. The largest absolute Gasteiger partial charge is 0.573 e. The van der Waals surface area contributed by atoms with E-state index in [0.717, 1.165) is 0 Å². The van der Waals surface area contributed by atoms with Crippen molar-refractivity contribution in [2.24, 2.45) is 0 Å². The highest BCUT2D eigenvalue weighted by Crippen LogP contribution is 2.25. The Kier molecular flexibility index (Phi) is 2.74. The van der Waals surface area contributed by atoms with Crippen LogP contribution in [0.25, 0.3) is 11.4 Å². The number of halogens is 3. The lowest BCUT2D eigenvalue weighted by atomic mass is 10.2. The SMILES string of the molecule is Cc1nc(-c2ccc(OC(F)(F)F)cc2)no1. The quantitative estimate of drug-likeness (QED) is 0.814. The van der Waals surface area contributed by atoms with Crippen molar-refractivity contribution in [1.82, 2.24) is 10.1 Å². The normalized spacial score (nSPS) is 11.5. The summed E-state index contributed by atoms with van der Waals surface area (Å²) in [6.07, 6.45) is -4.69. The van der Waals surface area contributed by atoms with Crippen LogP contribution in [-0.4, -0.2) is 16.5 Å². The molecule has 4 nitrogen and oxygen atoms in total. The Labute approximate surface area is 94.0 Å². The zero-order valence-corrected chi connectivity index (χ0v) is 8.65. The van der Waals surface area contributed by atoms with E-state index in [0.29, 0.717) is 17.3 Å². The summed E-state index contributed by atoms with van der Waals surface area (Å²) in [6, 6.07) is 5.22. The van der Waals surface area contributed by atoms with Crippen molar-refractivity contribution in [2.75, 3.05) is 0 Å². The molecule has 1 aromatic heterocycles. The lowest BCUT2D eigenvalue weighted by Crippen LogP contribution is -2.16. The van der Waals surface area contributed by atoms with Gasteiger partial charge in [-0.2, -0.15) is 4.98 Å². The Morgan fingerprint density at radius 1 is 1.18 bits per heavy atom.